The molecule has 0 bridgehead atoms. The number of hydrogen-bond donors (Lipinski definition) is 4. The van der Waals surface area contributed by atoms with Gasteiger partial charge in [0.2, 0.25) is 5.95 Å². The molecule has 0 fully saturated rings. The first-order chi connectivity index (χ1) is 11.5. The lowest BCUT2D eigenvalue weighted by Gasteiger charge is -2.07. The van der Waals surface area contributed by atoms with Gasteiger partial charge in [-0.1, -0.05) is 5.16 Å². The van der Waals surface area contributed by atoms with E-state index < -0.39 is 5.91 Å². The normalized spacial score (nSPS) is 10.6. The number of aromatic amines is 1. The minimum atomic E-state index is -0.648. The van der Waals surface area contributed by atoms with Gasteiger partial charge < -0.3 is 20.9 Å². The number of aromatic nitrogens is 5. The van der Waals surface area contributed by atoms with Crippen molar-refractivity contribution in [2.24, 2.45) is 5.73 Å². The molecule has 0 aliphatic carbocycles. The molecule has 11 heteroatoms. The van der Waals surface area contributed by atoms with Crippen molar-refractivity contribution in [3.8, 4) is 0 Å². The molecule has 3 aromatic rings. The molecular weight excluding hydrogens is 380 g/mol. The lowest BCUT2D eigenvalue weighted by molar-refractivity contribution is 0.0991. The standard InChI is InChI=1S/C13H13BrN8O2/c1-6-2-10(21-20-6)18-12-8(14)5-17-13(19-12)16-4-7-3-9(11(15)23)22-24-7/h2-3,5H,4H2,1H3,(H2,15,23)(H3,16,17,18,19,20,21). The second-order valence-electron chi connectivity index (χ2n) is 4.85. The van der Waals surface area contributed by atoms with E-state index in [1.165, 1.54) is 6.07 Å². The third-order valence-electron chi connectivity index (χ3n) is 2.93. The summed E-state index contributed by atoms with van der Waals surface area (Å²) >= 11 is 3.38. The highest BCUT2D eigenvalue weighted by Gasteiger charge is 2.11. The molecule has 0 aliphatic rings. The summed E-state index contributed by atoms with van der Waals surface area (Å²) in [5.74, 6) is 1.34. The fourth-order valence-electron chi connectivity index (χ4n) is 1.82. The average molecular weight is 393 g/mol. The molecule has 1 amide bonds. The Morgan fingerprint density at radius 3 is 2.96 bits per heavy atom. The number of rotatable bonds is 6. The van der Waals surface area contributed by atoms with E-state index in [1.54, 1.807) is 6.20 Å². The predicted molar refractivity (Wildman–Crippen MR) is 88.7 cm³/mol. The van der Waals surface area contributed by atoms with Gasteiger partial charge in [-0.2, -0.15) is 10.1 Å². The molecule has 0 saturated carbocycles. The van der Waals surface area contributed by atoms with Gasteiger partial charge in [-0.3, -0.25) is 9.89 Å². The third kappa shape index (κ3) is 3.68. The quantitative estimate of drug-likeness (QED) is 0.495. The molecule has 3 aromatic heterocycles. The first-order valence-electron chi connectivity index (χ1n) is 6.82. The number of primary amides is 1. The van der Waals surface area contributed by atoms with E-state index in [0.29, 0.717) is 27.8 Å². The van der Waals surface area contributed by atoms with Gasteiger partial charge in [0.15, 0.2) is 23.1 Å². The van der Waals surface area contributed by atoms with Gasteiger partial charge in [-0.15, -0.1) is 0 Å². The van der Waals surface area contributed by atoms with Crippen molar-refractivity contribution in [3.05, 3.63) is 40.0 Å². The summed E-state index contributed by atoms with van der Waals surface area (Å²) < 4.78 is 5.68. The molecule has 3 heterocycles. The van der Waals surface area contributed by atoms with Gasteiger partial charge in [0.1, 0.15) is 0 Å². The Bertz CT molecular complexity index is 874. The summed E-state index contributed by atoms with van der Waals surface area (Å²) in [7, 11) is 0. The second kappa shape index (κ2) is 6.66. The second-order valence-corrected chi connectivity index (χ2v) is 5.70. The lowest BCUT2D eigenvalue weighted by Crippen LogP contribution is -2.10. The molecule has 0 saturated heterocycles. The maximum absolute atomic E-state index is 11.0. The Balaban J connectivity index is 1.69. The van der Waals surface area contributed by atoms with Crippen LogP contribution in [0.2, 0.25) is 0 Å². The number of anilines is 3. The Hall–Kier alpha value is -2.95. The van der Waals surface area contributed by atoms with Crippen LogP contribution in [0.3, 0.4) is 0 Å². The number of nitrogens with two attached hydrogens (primary N) is 1. The summed E-state index contributed by atoms with van der Waals surface area (Å²) in [4.78, 5) is 19.5. The van der Waals surface area contributed by atoms with Crippen LogP contribution in [0.1, 0.15) is 21.9 Å². The lowest BCUT2D eigenvalue weighted by atomic mass is 10.3. The van der Waals surface area contributed by atoms with Crippen molar-refractivity contribution in [2.75, 3.05) is 10.6 Å². The van der Waals surface area contributed by atoms with E-state index in [0.717, 1.165) is 5.69 Å². The van der Waals surface area contributed by atoms with Crippen molar-refractivity contribution in [1.82, 2.24) is 25.3 Å². The highest BCUT2D eigenvalue weighted by Crippen LogP contribution is 2.23. The number of amides is 1. The molecule has 0 spiro atoms. The van der Waals surface area contributed by atoms with Crippen LogP contribution in [0.4, 0.5) is 17.6 Å². The summed E-state index contributed by atoms with van der Waals surface area (Å²) in [6.45, 7) is 2.15. The Morgan fingerprint density at radius 2 is 2.29 bits per heavy atom. The van der Waals surface area contributed by atoms with Gasteiger partial charge in [0, 0.05) is 24.0 Å². The van der Waals surface area contributed by atoms with Gasteiger partial charge in [-0.25, -0.2) is 4.98 Å². The zero-order valence-electron chi connectivity index (χ0n) is 12.5. The van der Waals surface area contributed by atoms with Crippen LogP contribution < -0.4 is 16.4 Å². The summed E-state index contributed by atoms with van der Waals surface area (Å²) in [6.07, 6.45) is 1.60. The Morgan fingerprint density at radius 1 is 1.46 bits per heavy atom. The molecule has 5 N–H and O–H groups in total. The fourth-order valence-corrected chi connectivity index (χ4v) is 2.11. The third-order valence-corrected chi connectivity index (χ3v) is 3.51. The average Bonchev–Trinajstić information content (AvgIpc) is 3.17. The summed E-state index contributed by atoms with van der Waals surface area (Å²) in [6, 6.07) is 3.31. The maximum atomic E-state index is 11.0. The first-order valence-corrected chi connectivity index (χ1v) is 7.61. The zero-order valence-corrected chi connectivity index (χ0v) is 14.1. The predicted octanol–water partition coefficient (Wildman–Crippen LogP) is 1.71. The van der Waals surface area contributed by atoms with Crippen LogP contribution in [0.15, 0.2) is 27.3 Å². The number of hydrogen-bond acceptors (Lipinski definition) is 8. The van der Waals surface area contributed by atoms with Crippen molar-refractivity contribution in [3.63, 3.8) is 0 Å². The molecule has 0 unspecified atom stereocenters. The number of nitrogens with zero attached hydrogens (tertiary/aromatic N) is 4. The minimum absolute atomic E-state index is 0.0692. The molecule has 0 aliphatic heterocycles. The number of H-pyrrole nitrogens is 1. The summed E-state index contributed by atoms with van der Waals surface area (Å²) in [5, 5.41) is 16.5. The first kappa shape index (κ1) is 15.9. The van der Waals surface area contributed by atoms with Crippen molar-refractivity contribution < 1.29 is 9.32 Å². The molecule has 0 radical (unpaired) electrons. The molecular formula is C13H13BrN8O2. The van der Waals surface area contributed by atoms with E-state index in [1.807, 2.05) is 13.0 Å². The summed E-state index contributed by atoms with van der Waals surface area (Å²) in [5.41, 5.74) is 6.11. The highest BCUT2D eigenvalue weighted by molar-refractivity contribution is 9.10. The number of halogens is 1. The van der Waals surface area contributed by atoms with Crippen LogP contribution in [0.25, 0.3) is 0 Å². The largest absolute Gasteiger partial charge is 0.364 e. The smallest absolute Gasteiger partial charge is 0.270 e. The van der Waals surface area contributed by atoms with Gasteiger partial charge in [0.25, 0.3) is 5.91 Å². The fraction of sp³-hybridized carbons (Fsp3) is 0.154. The number of carbonyl (C=O) groups is 1. The minimum Gasteiger partial charge on any atom is -0.364 e. The molecule has 3 rings (SSSR count). The molecule has 0 atom stereocenters. The Labute approximate surface area is 144 Å². The Kier molecular flexibility index (Phi) is 4.42. The number of carbonyl (C=O) groups excluding carboxylic acids is 1. The molecule has 124 valence electrons. The molecule has 10 nitrogen and oxygen atoms in total. The monoisotopic (exact) mass is 392 g/mol. The zero-order chi connectivity index (χ0) is 17.1. The van der Waals surface area contributed by atoms with Crippen LogP contribution in [0.5, 0.6) is 0 Å². The molecule has 0 aromatic carbocycles. The van der Waals surface area contributed by atoms with Crippen LogP contribution in [-0.2, 0) is 6.54 Å². The number of aryl methyl sites for hydroxylation is 1. The van der Waals surface area contributed by atoms with Crippen molar-refractivity contribution >= 4 is 39.4 Å². The topological polar surface area (TPSA) is 148 Å². The van der Waals surface area contributed by atoms with Gasteiger partial charge >= 0.3 is 0 Å². The van der Waals surface area contributed by atoms with E-state index in [2.05, 4.69) is 51.9 Å². The SMILES string of the molecule is Cc1cc(Nc2nc(NCc3cc(C(N)=O)no3)ncc2Br)n[nH]1. The number of nitrogens with one attached hydrogen (secondary N) is 3. The van der Waals surface area contributed by atoms with E-state index in [9.17, 15) is 4.79 Å². The highest BCUT2D eigenvalue weighted by atomic mass is 79.9. The van der Waals surface area contributed by atoms with E-state index in [4.69, 9.17) is 10.3 Å². The van der Waals surface area contributed by atoms with Crippen LogP contribution in [0, 0.1) is 6.92 Å². The van der Waals surface area contributed by atoms with E-state index in [-0.39, 0.29) is 12.2 Å². The van der Waals surface area contributed by atoms with Crippen molar-refractivity contribution in [1.29, 1.82) is 0 Å². The molecule has 24 heavy (non-hydrogen) atoms. The van der Waals surface area contributed by atoms with Crippen molar-refractivity contribution in [2.45, 2.75) is 13.5 Å². The van der Waals surface area contributed by atoms with Crippen LogP contribution in [-0.4, -0.2) is 31.2 Å². The van der Waals surface area contributed by atoms with Gasteiger partial charge in [0.05, 0.1) is 11.0 Å². The maximum Gasteiger partial charge on any atom is 0.270 e. The van der Waals surface area contributed by atoms with E-state index >= 15 is 0 Å². The van der Waals surface area contributed by atoms with Gasteiger partial charge in [-0.05, 0) is 22.9 Å². The van der Waals surface area contributed by atoms with Crippen LogP contribution >= 0.6 is 15.9 Å².